The molecule has 0 N–H and O–H groups in total. The van der Waals surface area contributed by atoms with Gasteiger partial charge in [-0.3, -0.25) is 14.6 Å². The molecule has 1 heterocycles. The Morgan fingerprint density at radius 1 is 1.15 bits per heavy atom. The molecule has 1 aliphatic heterocycles. The number of hydrogen-bond donors (Lipinski definition) is 0. The van der Waals surface area contributed by atoms with Crippen molar-refractivity contribution in [2.24, 2.45) is 10.9 Å². The fourth-order valence-corrected chi connectivity index (χ4v) is 3.99. The number of methoxy groups -OCH3 is 1. The molecule has 0 aromatic heterocycles. The van der Waals surface area contributed by atoms with Crippen molar-refractivity contribution in [1.29, 1.82) is 0 Å². The van der Waals surface area contributed by atoms with Crippen molar-refractivity contribution in [2.45, 2.75) is 58.3 Å². The number of nitrogens with zero attached hydrogens (tertiary/aromatic N) is 1. The highest BCUT2D eigenvalue weighted by molar-refractivity contribution is 6.08. The Morgan fingerprint density at radius 3 is 2.38 bits per heavy atom. The smallest absolute Gasteiger partial charge is 0.315 e. The van der Waals surface area contributed by atoms with E-state index in [2.05, 4.69) is 37.9 Å². The quantitative estimate of drug-likeness (QED) is 0.743. The molecule has 26 heavy (non-hydrogen) atoms. The summed E-state index contributed by atoms with van der Waals surface area (Å²) >= 11 is 0. The molecule has 138 valence electrons. The van der Waals surface area contributed by atoms with Gasteiger partial charge < -0.3 is 4.74 Å². The van der Waals surface area contributed by atoms with Crippen LogP contribution in [-0.4, -0.2) is 24.6 Å². The lowest BCUT2D eigenvalue weighted by atomic mass is 9.71. The average molecular weight is 353 g/mol. The normalized spacial score (nSPS) is 23.4. The number of ether oxygens (including phenoxy) is 1. The molecule has 4 heteroatoms. The molecule has 0 radical (unpaired) electrons. The fraction of sp³-hybridized carbons (Fsp3) is 0.500. The minimum atomic E-state index is -0.540. The Kier molecular flexibility index (Phi) is 4.87. The number of carbonyl (C=O) groups is 2. The summed E-state index contributed by atoms with van der Waals surface area (Å²) in [5.74, 6) is -1.07. The largest absolute Gasteiger partial charge is 0.468 e. The van der Waals surface area contributed by atoms with Crippen LogP contribution < -0.4 is 0 Å². The first-order valence-electron chi connectivity index (χ1n) is 9.23. The molecule has 1 unspecified atom stereocenters. The Bertz CT molecular complexity index is 794. The van der Waals surface area contributed by atoms with Gasteiger partial charge in [0.1, 0.15) is 5.92 Å². The first kappa shape index (κ1) is 18.6. The molecule has 4 nitrogen and oxygen atoms in total. The molecule has 0 saturated carbocycles. The zero-order valence-electron chi connectivity index (χ0n) is 16.3. The van der Waals surface area contributed by atoms with Crippen LogP contribution in [0.15, 0.2) is 40.5 Å². The standard InChI is InChI=1S/C22H27NO3/c1-13-18(21(25)26-5)19(20-16(23-13)7-6-8-17(20)24)14-9-11-15(12-10-14)22(2,3)4/h9-12,18-19H,6-8H2,1-5H3/t18?,19-/m0/s1. The second-order valence-electron chi connectivity index (χ2n) is 8.24. The maximum atomic E-state index is 12.7. The highest BCUT2D eigenvalue weighted by Crippen LogP contribution is 2.43. The lowest BCUT2D eigenvalue weighted by molar-refractivity contribution is -0.143. The van der Waals surface area contributed by atoms with E-state index in [1.165, 1.54) is 12.7 Å². The van der Waals surface area contributed by atoms with E-state index < -0.39 is 5.92 Å². The summed E-state index contributed by atoms with van der Waals surface area (Å²) in [6.45, 7) is 8.37. The van der Waals surface area contributed by atoms with Crippen LogP contribution in [-0.2, 0) is 19.7 Å². The highest BCUT2D eigenvalue weighted by atomic mass is 16.5. The van der Waals surface area contributed by atoms with Crippen LogP contribution >= 0.6 is 0 Å². The van der Waals surface area contributed by atoms with Crippen LogP contribution in [0.4, 0.5) is 0 Å². The van der Waals surface area contributed by atoms with Crippen LogP contribution in [0.5, 0.6) is 0 Å². The number of carbonyl (C=O) groups excluding carboxylic acids is 2. The third-order valence-electron chi connectivity index (χ3n) is 5.43. The molecule has 1 aromatic carbocycles. The fourth-order valence-electron chi connectivity index (χ4n) is 3.99. The molecule has 0 bridgehead atoms. The summed E-state index contributed by atoms with van der Waals surface area (Å²) in [7, 11) is 1.39. The zero-order chi connectivity index (χ0) is 19.1. The van der Waals surface area contributed by atoms with E-state index in [9.17, 15) is 9.59 Å². The monoisotopic (exact) mass is 353 g/mol. The second kappa shape index (κ2) is 6.82. The summed E-state index contributed by atoms with van der Waals surface area (Å²) < 4.78 is 5.05. The average Bonchev–Trinajstić information content (AvgIpc) is 2.59. The van der Waals surface area contributed by atoms with Crippen LogP contribution in [0, 0.1) is 5.92 Å². The van der Waals surface area contributed by atoms with Crippen LogP contribution in [0.3, 0.4) is 0 Å². The number of esters is 1. The molecular weight excluding hydrogens is 326 g/mol. The van der Waals surface area contributed by atoms with Crippen LogP contribution in [0.25, 0.3) is 0 Å². The van der Waals surface area contributed by atoms with E-state index in [4.69, 9.17) is 4.74 Å². The van der Waals surface area contributed by atoms with E-state index in [0.29, 0.717) is 12.0 Å². The van der Waals surface area contributed by atoms with E-state index in [1.54, 1.807) is 0 Å². The molecule has 0 fully saturated rings. The van der Waals surface area contributed by atoms with E-state index in [-0.39, 0.29) is 23.1 Å². The Morgan fingerprint density at radius 2 is 1.81 bits per heavy atom. The SMILES string of the molecule is COC(=O)C1C(C)=NC2=C(C(=O)CCC2)[C@H]1c1ccc(C(C)(C)C)cc1. The molecular formula is C22H27NO3. The van der Waals surface area contributed by atoms with E-state index in [0.717, 1.165) is 29.8 Å². The number of benzene rings is 1. The minimum Gasteiger partial charge on any atom is -0.468 e. The van der Waals surface area contributed by atoms with Crippen molar-refractivity contribution < 1.29 is 14.3 Å². The summed E-state index contributed by atoms with van der Waals surface area (Å²) in [5.41, 5.74) is 4.54. The van der Waals surface area contributed by atoms with Gasteiger partial charge in [-0.15, -0.1) is 0 Å². The lowest BCUT2D eigenvalue weighted by Gasteiger charge is -2.34. The molecule has 1 aliphatic carbocycles. The van der Waals surface area contributed by atoms with Gasteiger partial charge in [0.05, 0.1) is 7.11 Å². The zero-order valence-corrected chi connectivity index (χ0v) is 16.3. The van der Waals surface area contributed by atoms with Gasteiger partial charge in [-0.2, -0.15) is 0 Å². The van der Waals surface area contributed by atoms with Gasteiger partial charge in [-0.1, -0.05) is 45.0 Å². The molecule has 0 amide bonds. The summed E-state index contributed by atoms with van der Waals surface area (Å²) in [4.78, 5) is 29.9. The first-order valence-corrected chi connectivity index (χ1v) is 9.23. The van der Waals surface area contributed by atoms with Crippen molar-refractivity contribution in [3.63, 3.8) is 0 Å². The number of aliphatic imine (C=N–C) groups is 1. The Hall–Kier alpha value is -2.23. The molecule has 2 atom stereocenters. The molecule has 1 aromatic rings. The van der Waals surface area contributed by atoms with Crippen LogP contribution in [0.1, 0.15) is 64.0 Å². The molecule has 2 aliphatic rings. The Labute approximate surface area is 155 Å². The summed E-state index contributed by atoms with van der Waals surface area (Å²) in [6.07, 6.45) is 2.15. The van der Waals surface area contributed by atoms with E-state index >= 15 is 0 Å². The van der Waals surface area contributed by atoms with Gasteiger partial charge in [-0.25, -0.2) is 0 Å². The minimum absolute atomic E-state index is 0.0509. The van der Waals surface area contributed by atoms with E-state index in [1.807, 2.05) is 19.1 Å². The Balaban J connectivity index is 2.12. The number of hydrogen-bond acceptors (Lipinski definition) is 4. The third-order valence-corrected chi connectivity index (χ3v) is 5.43. The molecule has 3 rings (SSSR count). The topological polar surface area (TPSA) is 55.7 Å². The van der Waals surface area contributed by atoms with Crippen molar-refractivity contribution in [3.8, 4) is 0 Å². The number of Topliss-reactive ketones (excluding diaryl/α,β-unsaturated/α-hetero) is 1. The van der Waals surface area contributed by atoms with Gasteiger partial charge in [0, 0.05) is 29.3 Å². The maximum Gasteiger partial charge on any atom is 0.315 e. The lowest BCUT2D eigenvalue weighted by Crippen LogP contribution is -2.36. The first-order chi connectivity index (χ1) is 12.2. The molecule has 0 saturated heterocycles. The summed E-state index contributed by atoms with van der Waals surface area (Å²) in [5, 5.41) is 0. The highest BCUT2D eigenvalue weighted by Gasteiger charge is 2.42. The van der Waals surface area contributed by atoms with Gasteiger partial charge in [-0.05, 0) is 36.3 Å². The second-order valence-corrected chi connectivity index (χ2v) is 8.24. The van der Waals surface area contributed by atoms with Gasteiger partial charge in [0.25, 0.3) is 0 Å². The predicted molar refractivity (Wildman–Crippen MR) is 102 cm³/mol. The van der Waals surface area contributed by atoms with Crippen molar-refractivity contribution in [3.05, 3.63) is 46.7 Å². The van der Waals surface area contributed by atoms with Crippen molar-refractivity contribution >= 4 is 17.5 Å². The molecule has 0 spiro atoms. The third kappa shape index (κ3) is 3.25. The predicted octanol–water partition coefficient (Wildman–Crippen LogP) is 4.34. The van der Waals surface area contributed by atoms with Crippen LogP contribution in [0.2, 0.25) is 0 Å². The van der Waals surface area contributed by atoms with Gasteiger partial charge >= 0.3 is 5.97 Å². The number of rotatable bonds is 2. The maximum absolute atomic E-state index is 12.7. The van der Waals surface area contributed by atoms with Gasteiger partial charge in [0.15, 0.2) is 5.78 Å². The number of allylic oxidation sites excluding steroid dienone is 2. The number of ketones is 1. The van der Waals surface area contributed by atoms with Gasteiger partial charge in [0.2, 0.25) is 0 Å². The summed E-state index contributed by atoms with van der Waals surface area (Å²) in [6, 6.07) is 8.29. The van der Waals surface area contributed by atoms with Crippen molar-refractivity contribution in [1.82, 2.24) is 0 Å². The van der Waals surface area contributed by atoms with Crippen molar-refractivity contribution in [2.75, 3.05) is 7.11 Å².